The number of carbonyl (C=O) groups is 2. The number of halogens is 3. The van der Waals surface area contributed by atoms with Crippen LogP contribution in [0, 0.1) is 6.92 Å². The van der Waals surface area contributed by atoms with Gasteiger partial charge in [0.05, 0.1) is 19.8 Å². The lowest BCUT2D eigenvalue weighted by Crippen LogP contribution is -2.36. The van der Waals surface area contributed by atoms with Crippen LogP contribution >= 0.6 is 11.3 Å². The van der Waals surface area contributed by atoms with E-state index in [1.165, 1.54) is 24.8 Å². The molecule has 0 aliphatic carbocycles. The smallest absolute Gasteiger partial charge is 0.426 e. The molecule has 0 saturated heterocycles. The van der Waals surface area contributed by atoms with E-state index in [0.717, 1.165) is 7.11 Å². The number of rotatable bonds is 5. The number of nitrogens with zero attached hydrogens (tertiary/aromatic N) is 2. The number of aromatic nitrogens is 2. The minimum atomic E-state index is -5.12. The predicted octanol–water partition coefficient (Wildman–Crippen LogP) is 3.20. The van der Waals surface area contributed by atoms with Gasteiger partial charge in [-0.1, -0.05) is 13.8 Å². The number of nitrogens with one attached hydrogen (secondary N) is 2. The highest BCUT2D eigenvalue weighted by atomic mass is 32.2. The molecular formula is C16H19F3N4O6S2. The van der Waals surface area contributed by atoms with Gasteiger partial charge in [0.25, 0.3) is 10.0 Å². The van der Waals surface area contributed by atoms with Gasteiger partial charge in [-0.05, 0) is 6.92 Å². The maximum Gasteiger partial charge on any atom is 0.426 e. The molecule has 0 aliphatic rings. The van der Waals surface area contributed by atoms with Crippen LogP contribution in [0.1, 0.15) is 34.8 Å². The lowest BCUT2D eigenvalue weighted by molar-refractivity contribution is -0.136. The van der Waals surface area contributed by atoms with E-state index in [4.69, 9.17) is 4.74 Å². The topological polar surface area (TPSA) is 137 Å². The highest BCUT2D eigenvalue weighted by Gasteiger charge is 2.43. The van der Waals surface area contributed by atoms with Gasteiger partial charge < -0.3 is 9.47 Å². The molecule has 0 fully saturated rings. The highest BCUT2D eigenvalue weighted by Crippen LogP contribution is 2.40. The second-order valence-corrected chi connectivity index (χ2v) is 7.73. The quantitative estimate of drug-likeness (QED) is 0.618. The SMILES string of the molecule is CC.COC(=O)c1csc(C(F)(F)F)c1S(=O)(=O)NC(=O)Nc1nc(C)cc(OC)n1. The zero-order valence-electron chi connectivity index (χ0n) is 16.9. The maximum absolute atomic E-state index is 13.2. The number of esters is 1. The van der Waals surface area contributed by atoms with Gasteiger partial charge in [-0.2, -0.15) is 18.2 Å². The van der Waals surface area contributed by atoms with Crippen LogP contribution in [0.3, 0.4) is 0 Å². The number of ether oxygens (including phenoxy) is 2. The number of methoxy groups -OCH3 is 2. The number of alkyl halides is 3. The molecule has 0 spiro atoms. The van der Waals surface area contributed by atoms with Gasteiger partial charge in [-0.3, -0.25) is 5.32 Å². The van der Waals surface area contributed by atoms with Crippen molar-refractivity contribution in [3.8, 4) is 5.88 Å². The summed E-state index contributed by atoms with van der Waals surface area (Å²) in [6.07, 6.45) is -5.09. The monoisotopic (exact) mass is 484 g/mol. The average molecular weight is 484 g/mol. The molecule has 31 heavy (non-hydrogen) atoms. The molecule has 0 atom stereocenters. The van der Waals surface area contributed by atoms with E-state index >= 15 is 0 Å². The number of carbonyl (C=O) groups excluding carboxylic acids is 2. The summed E-state index contributed by atoms with van der Waals surface area (Å²) in [5.41, 5.74) is -0.501. The molecule has 172 valence electrons. The molecule has 0 unspecified atom stereocenters. The fraction of sp³-hybridized carbons (Fsp3) is 0.375. The lowest BCUT2D eigenvalue weighted by Gasteiger charge is -2.12. The third-order valence-electron chi connectivity index (χ3n) is 3.17. The number of hydrogen-bond acceptors (Lipinski definition) is 9. The first-order valence-corrected chi connectivity index (χ1v) is 10.8. The van der Waals surface area contributed by atoms with Gasteiger partial charge >= 0.3 is 18.2 Å². The number of amides is 2. The predicted molar refractivity (Wildman–Crippen MR) is 105 cm³/mol. The standard InChI is InChI=1S/C14H13F3N4O6S2.C2H6/c1-6-4-8(26-2)19-12(18-6)20-13(23)21-29(24,25)9-7(11(22)27-3)5-28-10(9)14(15,16)17;1-2/h4-5H,1-3H3,(H2,18,19,20,21,23);1-2H3. The first kappa shape index (κ1) is 26.1. The molecule has 10 nitrogen and oxygen atoms in total. The van der Waals surface area contributed by atoms with Crippen LogP contribution in [0.4, 0.5) is 23.9 Å². The second-order valence-electron chi connectivity index (χ2n) is 5.23. The van der Waals surface area contributed by atoms with Crippen molar-refractivity contribution >= 4 is 39.3 Å². The molecule has 0 bridgehead atoms. The normalized spacial score (nSPS) is 11.1. The highest BCUT2D eigenvalue weighted by molar-refractivity contribution is 7.90. The van der Waals surface area contributed by atoms with Crippen LogP contribution in [0.5, 0.6) is 5.88 Å². The minimum Gasteiger partial charge on any atom is -0.481 e. The fourth-order valence-corrected chi connectivity index (χ4v) is 4.60. The van der Waals surface area contributed by atoms with Crippen LogP contribution in [-0.2, 0) is 20.9 Å². The Morgan fingerprint density at radius 2 is 1.77 bits per heavy atom. The third kappa shape index (κ3) is 6.52. The van der Waals surface area contributed by atoms with Crippen molar-refractivity contribution < 1.29 is 40.7 Å². The van der Waals surface area contributed by atoms with E-state index < -0.39 is 43.5 Å². The van der Waals surface area contributed by atoms with Gasteiger partial charge in [0.15, 0.2) is 0 Å². The van der Waals surface area contributed by atoms with Crippen LogP contribution in [0.25, 0.3) is 0 Å². The van der Waals surface area contributed by atoms with E-state index in [0.29, 0.717) is 11.1 Å². The van der Waals surface area contributed by atoms with E-state index in [1.54, 1.807) is 0 Å². The molecule has 2 rings (SSSR count). The summed E-state index contributed by atoms with van der Waals surface area (Å²) < 4.78 is 75.1. The van der Waals surface area contributed by atoms with E-state index in [-0.39, 0.29) is 23.2 Å². The molecule has 2 N–H and O–H groups in total. The molecule has 0 saturated carbocycles. The largest absolute Gasteiger partial charge is 0.481 e. The first-order valence-electron chi connectivity index (χ1n) is 8.39. The average Bonchev–Trinajstić information content (AvgIpc) is 3.14. The van der Waals surface area contributed by atoms with Gasteiger partial charge in [0.1, 0.15) is 9.77 Å². The molecule has 2 aromatic rings. The van der Waals surface area contributed by atoms with Gasteiger partial charge in [0.2, 0.25) is 11.8 Å². The summed E-state index contributed by atoms with van der Waals surface area (Å²) in [5, 5.41) is 2.65. The number of urea groups is 1. The van der Waals surface area contributed by atoms with Crippen molar-refractivity contribution in [2.75, 3.05) is 19.5 Å². The first-order chi connectivity index (χ1) is 14.4. The van der Waals surface area contributed by atoms with Gasteiger partial charge in [-0.25, -0.2) is 27.7 Å². The second kappa shape index (κ2) is 10.4. The number of hydrogen-bond donors (Lipinski definition) is 2. The van der Waals surface area contributed by atoms with E-state index in [9.17, 15) is 31.2 Å². The number of thiophene rings is 1. The van der Waals surface area contributed by atoms with Crippen LogP contribution in [0.2, 0.25) is 0 Å². The van der Waals surface area contributed by atoms with E-state index in [1.807, 2.05) is 19.2 Å². The Kier molecular flexibility index (Phi) is 8.74. The Bertz CT molecular complexity index is 1050. The van der Waals surface area contributed by atoms with Gasteiger partial charge in [-0.15, -0.1) is 11.3 Å². The molecule has 2 aromatic heterocycles. The zero-order chi connectivity index (χ0) is 24.0. The summed E-state index contributed by atoms with van der Waals surface area (Å²) in [6, 6.07) is -0.0310. The fourth-order valence-electron chi connectivity index (χ4n) is 2.06. The maximum atomic E-state index is 13.2. The molecule has 2 heterocycles. The van der Waals surface area contributed by atoms with Crippen LogP contribution < -0.4 is 14.8 Å². The summed E-state index contributed by atoms with van der Waals surface area (Å²) in [4.78, 5) is 28.3. The molecule has 15 heteroatoms. The molecule has 0 radical (unpaired) electrons. The van der Waals surface area contributed by atoms with E-state index in [2.05, 4.69) is 14.7 Å². The van der Waals surface area contributed by atoms with Crippen molar-refractivity contribution in [2.45, 2.75) is 31.8 Å². The van der Waals surface area contributed by atoms with Crippen molar-refractivity contribution in [1.82, 2.24) is 14.7 Å². The molecule has 0 aromatic carbocycles. The Labute approximate surface area is 179 Å². The minimum absolute atomic E-state index is 0.0263. The Balaban J connectivity index is 0.00000233. The summed E-state index contributed by atoms with van der Waals surface area (Å²) in [7, 11) is -2.96. The van der Waals surface area contributed by atoms with Crippen molar-refractivity contribution in [3.05, 3.63) is 27.6 Å². The third-order valence-corrected chi connectivity index (χ3v) is 5.74. The number of aryl methyl sites for hydroxylation is 1. The number of anilines is 1. The van der Waals surface area contributed by atoms with Gasteiger partial charge in [0, 0.05) is 17.1 Å². The molecular weight excluding hydrogens is 465 g/mol. The van der Waals surface area contributed by atoms with Crippen molar-refractivity contribution in [1.29, 1.82) is 0 Å². The Morgan fingerprint density at radius 3 is 2.29 bits per heavy atom. The van der Waals surface area contributed by atoms with Crippen molar-refractivity contribution in [2.24, 2.45) is 0 Å². The summed E-state index contributed by atoms with van der Waals surface area (Å²) >= 11 is -0.0263. The summed E-state index contributed by atoms with van der Waals surface area (Å²) in [5.74, 6) is -1.62. The van der Waals surface area contributed by atoms with Crippen molar-refractivity contribution in [3.63, 3.8) is 0 Å². The Morgan fingerprint density at radius 1 is 1.16 bits per heavy atom. The Hall–Kier alpha value is -2.94. The zero-order valence-corrected chi connectivity index (χ0v) is 18.6. The van der Waals surface area contributed by atoms with Crippen LogP contribution in [0.15, 0.2) is 16.3 Å². The number of sulfonamides is 1. The molecule has 2 amide bonds. The molecule has 0 aliphatic heterocycles. The lowest BCUT2D eigenvalue weighted by atomic mass is 10.3. The summed E-state index contributed by atoms with van der Waals surface area (Å²) in [6.45, 7) is 5.54. The van der Waals surface area contributed by atoms with Crippen LogP contribution in [-0.4, -0.2) is 44.6 Å².